The van der Waals surface area contributed by atoms with Gasteiger partial charge in [-0.1, -0.05) is 26.0 Å². The van der Waals surface area contributed by atoms with Crippen molar-refractivity contribution in [2.24, 2.45) is 11.1 Å². The molecule has 0 radical (unpaired) electrons. The van der Waals surface area contributed by atoms with Crippen LogP contribution in [0.25, 0.3) is 0 Å². The van der Waals surface area contributed by atoms with Gasteiger partial charge in [-0.2, -0.15) is 4.31 Å². The number of carbonyl (C=O) groups is 1. The predicted molar refractivity (Wildman–Crippen MR) is 103 cm³/mol. The summed E-state index contributed by atoms with van der Waals surface area (Å²) >= 11 is 0. The van der Waals surface area contributed by atoms with E-state index < -0.39 is 10.0 Å². The summed E-state index contributed by atoms with van der Waals surface area (Å²) in [5.74, 6) is 0.0697. The molecule has 1 aromatic carbocycles. The molecule has 1 aliphatic heterocycles. The number of carbonyl (C=O) groups excluding carboxylic acids is 1. The van der Waals surface area contributed by atoms with Crippen LogP contribution in [0.4, 0.5) is 0 Å². The van der Waals surface area contributed by atoms with Crippen molar-refractivity contribution >= 4 is 15.9 Å². The molecule has 2 rings (SSSR count). The van der Waals surface area contributed by atoms with Crippen molar-refractivity contribution in [3.8, 4) is 0 Å². The summed E-state index contributed by atoms with van der Waals surface area (Å²) in [6.07, 6.45) is 2.84. The highest BCUT2D eigenvalue weighted by Gasteiger charge is 2.27. The van der Waals surface area contributed by atoms with Crippen LogP contribution in [0.3, 0.4) is 0 Å². The van der Waals surface area contributed by atoms with Gasteiger partial charge >= 0.3 is 0 Å². The SMILES string of the molecule is CN(CC(C)(C)CN)C(=O)CCc1ccc(S(=O)(=O)N2CCCC2)cc1. The maximum absolute atomic E-state index is 12.5. The minimum absolute atomic E-state index is 0.0697. The molecule has 1 saturated heterocycles. The standard InChI is InChI=1S/C19H31N3O3S/c1-19(2,14-20)15-21(3)18(23)11-8-16-6-9-17(10-7-16)26(24,25)22-12-4-5-13-22/h6-7,9-10H,4-5,8,11-15,20H2,1-3H3. The molecule has 1 amide bonds. The minimum atomic E-state index is -3.38. The topological polar surface area (TPSA) is 83.7 Å². The number of nitrogens with two attached hydrogens (primary N) is 1. The number of sulfonamides is 1. The molecule has 1 fully saturated rings. The van der Waals surface area contributed by atoms with E-state index in [2.05, 4.69) is 0 Å². The van der Waals surface area contributed by atoms with Crippen LogP contribution in [0.1, 0.15) is 38.7 Å². The van der Waals surface area contributed by atoms with E-state index in [9.17, 15) is 13.2 Å². The van der Waals surface area contributed by atoms with E-state index >= 15 is 0 Å². The van der Waals surface area contributed by atoms with Crippen LogP contribution in [0, 0.1) is 5.41 Å². The smallest absolute Gasteiger partial charge is 0.243 e. The monoisotopic (exact) mass is 381 g/mol. The Morgan fingerprint density at radius 2 is 1.77 bits per heavy atom. The molecule has 0 atom stereocenters. The van der Waals surface area contributed by atoms with Gasteiger partial charge in [0.05, 0.1) is 4.90 Å². The normalized spacial score (nSPS) is 16.0. The Morgan fingerprint density at radius 1 is 1.19 bits per heavy atom. The molecule has 0 aliphatic carbocycles. The molecule has 0 unspecified atom stereocenters. The number of amides is 1. The first-order valence-electron chi connectivity index (χ1n) is 9.19. The molecule has 0 spiro atoms. The number of aryl methyl sites for hydroxylation is 1. The van der Waals surface area contributed by atoms with Crippen LogP contribution in [0.15, 0.2) is 29.2 Å². The van der Waals surface area contributed by atoms with E-state index in [4.69, 9.17) is 5.73 Å². The van der Waals surface area contributed by atoms with Crippen molar-refractivity contribution in [1.29, 1.82) is 0 Å². The molecular weight excluding hydrogens is 350 g/mol. The van der Waals surface area contributed by atoms with Gasteiger partial charge in [0.25, 0.3) is 0 Å². The average molecular weight is 382 g/mol. The fourth-order valence-corrected chi connectivity index (χ4v) is 4.66. The zero-order valence-electron chi connectivity index (χ0n) is 16.1. The van der Waals surface area contributed by atoms with E-state index in [0.717, 1.165) is 18.4 Å². The first kappa shape index (κ1) is 20.9. The van der Waals surface area contributed by atoms with Crippen molar-refractivity contribution < 1.29 is 13.2 Å². The van der Waals surface area contributed by atoms with Crippen molar-refractivity contribution in [2.45, 2.75) is 44.4 Å². The van der Waals surface area contributed by atoms with Gasteiger partial charge < -0.3 is 10.6 Å². The number of hydrogen-bond donors (Lipinski definition) is 1. The molecule has 7 heteroatoms. The predicted octanol–water partition coefficient (Wildman–Crippen LogP) is 1.85. The molecule has 146 valence electrons. The fourth-order valence-electron chi connectivity index (χ4n) is 3.14. The quantitative estimate of drug-likeness (QED) is 0.745. The minimum Gasteiger partial charge on any atom is -0.345 e. The van der Waals surface area contributed by atoms with E-state index in [0.29, 0.717) is 43.9 Å². The third kappa shape index (κ3) is 5.28. The van der Waals surface area contributed by atoms with Crippen LogP contribution in [0.2, 0.25) is 0 Å². The second kappa shape index (κ2) is 8.50. The highest BCUT2D eigenvalue weighted by molar-refractivity contribution is 7.89. The Balaban J connectivity index is 1.92. The maximum Gasteiger partial charge on any atom is 0.243 e. The zero-order valence-corrected chi connectivity index (χ0v) is 16.9. The molecular formula is C19H31N3O3S. The van der Waals surface area contributed by atoms with Gasteiger partial charge in [-0.3, -0.25) is 4.79 Å². The molecule has 1 aliphatic rings. The van der Waals surface area contributed by atoms with Crippen LogP contribution >= 0.6 is 0 Å². The first-order chi connectivity index (χ1) is 12.2. The number of hydrogen-bond acceptors (Lipinski definition) is 4. The van der Waals surface area contributed by atoms with Crippen LogP contribution in [0.5, 0.6) is 0 Å². The van der Waals surface area contributed by atoms with E-state index in [1.165, 1.54) is 0 Å². The third-order valence-corrected chi connectivity index (χ3v) is 6.81. The van der Waals surface area contributed by atoms with E-state index in [-0.39, 0.29) is 11.3 Å². The summed E-state index contributed by atoms with van der Waals surface area (Å²) in [6.45, 7) is 6.42. The van der Waals surface area contributed by atoms with Crippen molar-refractivity contribution in [3.63, 3.8) is 0 Å². The van der Waals surface area contributed by atoms with Crippen molar-refractivity contribution in [3.05, 3.63) is 29.8 Å². The lowest BCUT2D eigenvalue weighted by Crippen LogP contribution is -2.39. The Hall–Kier alpha value is -1.44. The van der Waals surface area contributed by atoms with E-state index in [1.807, 2.05) is 13.8 Å². The van der Waals surface area contributed by atoms with Gasteiger partial charge in [-0.25, -0.2) is 8.42 Å². The second-order valence-electron chi connectivity index (χ2n) is 7.87. The lowest BCUT2D eigenvalue weighted by atomic mass is 9.93. The van der Waals surface area contributed by atoms with Gasteiger partial charge in [0.15, 0.2) is 0 Å². The van der Waals surface area contributed by atoms with Crippen LogP contribution < -0.4 is 5.73 Å². The Kier molecular flexibility index (Phi) is 6.82. The molecule has 0 bridgehead atoms. The molecule has 0 saturated carbocycles. The highest BCUT2D eigenvalue weighted by atomic mass is 32.2. The van der Waals surface area contributed by atoms with Crippen molar-refractivity contribution in [1.82, 2.24) is 9.21 Å². The van der Waals surface area contributed by atoms with Gasteiger partial charge in [-0.05, 0) is 48.9 Å². The molecule has 1 aromatic rings. The summed E-state index contributed by atoms with van der Waals surface area (Å²) in [5.41, 5.74) is 6.59. The Morgan fingerprint density at radius 3 is 2.31 bits per heavy atom. The third-order valence-electron chi connectivity index (χ3n) is 4.90. The Labute approximate surface area is 157 Å². The Bertz CT molecular complexity index is 708. The lowest BCUT2D eigenvalue weighted by Gasteiger charge is -2.29. The molecule has 26 heavy (non-hydrogen) atoms. The van der Waals surface area contributed by atoms with Gasteiger partial charge in [0, 0.05) is 33.1 Å². The zero-order chi connectivity index (χ0) is 19.4. The maximum atomic E-state index is 12.5. The summed E-state index contributed by atoms with van der Waals surface area (Å²) in [6, 6.07) is 6.91. The van der Waals surface area contributed by atoms with Gasteiger partial charge in [-0.15, -0.1) is 0 Å². The summed E-state index contributed by atoms with van der Waals surface area (Å²) in [7, 11) is -1.58. The first-order valence-corrected chi connectivity index (χ1v) is 10.6. The molecule has 2 N–H and O–H groups in total. The van der Waals surface area contributed by atoms with Gasteiger partial charge in [0.2, 0.25) is 15.9 Å². The number of benzene rings is 1. The number of rotatable bonds is 8. The summed E-state index contributed by atoms with van der Waals surface area (Å²) < 4.78 is 26.6. The van der Waals surface area contributed by atoms with Crippen LogP contribution in [-0.2, 0) is 21.2 Å². The molecule has 6 nitrogen and oxygen atoms in total. The number of nitrogens with zero attached hydrogens (tertiary/aromatic N) is 2. The van der Waals surface area contributed by atoms with Crippen LogP contribution in [-0.4, -0.2) is 56.8 Å². The fraction of sp³-hybridized carbons (Fsp3) is 0.632. The van der Waals surface area contributed by atoms with Gasteiger partial charge in [0.1, 0.15) is 0 Å². The summed E-state index contributed by atoms with van der Waals surface area (Å²) in [5, 5.41) is 0. The largest absolute Gasteiger partial charge is 0.345 e. The van der Waals surface area contributed by atoms with E-state index in [1.54, 1.807) is 40.5 Å². The second-order valence-corrected chi connectivity index (χ2v) is 9.81. The average Bonchev–Trinajstić information content (AvgIpc) is 3.15. The summed E-state index contributed by atoms with van der Waals surface area (Å²) in [4.78, 5) is 14.3. The molecule has 0 aromatic heterocycles. The molecule has 1 heterocycles. The van der Waals surface area contributed by atoms with Crippen molar-refractivity contribution in [2.75, 3.05) is 33.2 Å². The lowest BCUT2D eigenvalue weighted by molar-refractivity contribution is -0.131. The highest BCUT2D eigenvalue weighted by Crippen LogP contribution is 2.21.